The van der Waals surface area contributed by atoms with Gasteiger partial charge in [0.15, 0.2) is 0 Å². The van der Waals surface area contributed by atoms with Crippen molar-refractivity contribution in [1.82, 2.24) is 9.97 Å². The van der Waals surface area contributed by atoms with E-state index in [2.05, 4.69) is 9.97 Å². The number of aromatic nitrogens is 2. The van der Waals surface area contributed by atoms with Crippen LogP contribution in [0, 0.1) is 0 Å². The van der Waals surface area contributed by atoms with Crippen LogP contribution in [0.1, 0.15) is 26.5 Å². The second-order valence-corrected chi connectivity index (χ2v) is 3.56. The lowest BCUT2D eigenvalue weighted by atomic mass is 9.93. The highest BCUT2D eigenvalue weighted by atomic mass is 16.1. The molecule has 1 aromatic rings. The summed E-state index contributed by atoms with van der Waals surface area (Å²) in [5, 5.41) is 0. The van der Waals surface area contributed by atoms with Gasteiger partial charge in [-0.15, -0.1) is 0 Å². The zero-order valence-corrected chi connectivity index (χ0v) is 7.01. The van der Waals surface area contributed by atoms with Crippen molar-refractivity contribution < 1.29 is 0 Å². The largest absolute Gasteiger partial charge is 0.323 e. The number of hydrogen-bond donors (Lipinski definition) is 1. The van der Waals surface area contributed by atoms with Gasteiger partial charge in [-0.1, -0.05) is 20.8 Å². The minimum atomic E-state index is -0.141. The van der Waals surface area contributed by atoms with Crippen LogP contribution in [0.5, 0.6) is 0 Å². The Balaban J connectivity index is 3.16. The maximum absolute atomic E-state index is 10.8. The summed E-state index contributed by atoms with van der Waals surface area (Å²) in [7, 11) is 0. The zero-order valence-electron chi connectivity index (χ0n) is 7.01. The van der Waals surface area contributed by atoms with E-state index in [1.54, 1.807) is 6.20 Å². The maximum Gasteiger partial charge on any atom is 0.266 e. The highest BCUT2D eigenvalue weighted by molar-refractivity contribution is 5.07. The molecule has 0 amide bonds. The third kappa shape index (κ3) is 1.90. The van der Waals surface area contributed by atoms with Crippen molar-refractivity contribution in [2.45, 2.75) is 26.2 Å². The van der Waals surface area contributed by atoms with Crippen LogP contribution in [0.2, 0.25) is 0 Å². The fourth-order valence-electron chi connectivity index (χ4n) is 0.758. The Kier molecular flexibility index (Phi) is 1.81. The molecule has 0 saturated heterocycles. The fraction of sp³-hybridized carbons (Fsp3) is 0.500. The molecule has 1 N–H and O–H groups in total. The predicted molar refractivity (Wildman–Crippen MR) is 43.6 cm³/mol. The number of H-pyrrole nitrogens is 1. The minimum absolute atomic E-state index is 0.0343. The van der Waals surface area contributed by atoms with Crippen molar-refractivity contribution >= 4 is 0 Å². The molecule has 1 aromatic heterocycles. The Morgan fingerprint density at radius 3 is 2.36 bits per heavy atom. The van der Waals surface area contributed by atoms with Crippen LogP contribution in [-0.4, -0.2) is 9.97 Å². The molecule has 0 aliphatic carbocycles. The second kappa shape index (κ2) is 2.49. The lowest BCUT2D eigenvalue weighted by Gasteiger charge is -2.16. The van der Waals surface area contributed by atoms with Crippen molar-refractivity contribution in [3.05, 3.63) is 28.4 Å². The summed E-state index contributed by atoms with van der Waals surface area (Å²) in [4.78, 5) is 17.4. The van der Waals surface area contributed by atoms with Gasteiger partial charge in [-0.2, -0.15) is 0 Å². The van der Waals surface area contributed by atoms with Crippen molar-refractivity contribution in [2.24, 2.45) is 0 Å². The van der Waals surface area contributed by atoms with Gasteiger partial charge < -0.3 is 4.98 Å². The van der Waals surface area contributed by atoms with Gasteiger partial charge in [0.05, 0.1) is 6.20 Å². The number of nitrogens with zero attached hydrogens (tertiary/aromatic N) is 1. The van der Waals surface area contributed by atoms with E-state index in [0.29, 0.717) is 0 Å². The minimum Gasteiger partial charge on any atom is -0.323 e. The monoisotopic (exact) mass is 152 g/mol. The standard InChI is InChI=1S/C8H12N2O/c1-8(2,3)6-4-9-5-7(11)10-6/h4-5H,1-3H3,(H,10,11). The molecule has 0 spiro atoms. The zero-order chi connectivity index (χ0) is 8.48. The van der Waals surface area contributed by atoms with E-state index in [9.17, 15) is 4.79 Å². The van der Waals surface area contributed by atoms with Crippen LogP contribution in [0.25, 0.3) is 0 Å². The molecule has 0 saturated carbocycles. The summed E-state index contributed by atoms with van der Waals surface area (Å²) < 4.78 is 0. The average Bonchev–Trinajstić information content (AvgIpc) is 1.86. The van der Waals surface area contributed by atoms with E-state index >= 15 is 0 Å². The third-order valence-corrected chi connectivity index (χ3v) is 1.46. The first-order valence-corrected chi connectivity index (χ1v) is 3.55. The molecule has 11 heavy (non-hydrogen) atoms. The van der Waals surface area contributed by atoms with Crippen LogP contribution < -0.4 is 5.56 Å². The van der Waals surface area contributed by atoms with E-state index in [1.165, 1.54) is 6.20 Å². The Morgan fingerprint density at radius 1 is 1.36 bits per heavy atom. The molecule has 0 atom stereocenters. The van der Waals surface area contributed by atoms with Crippen LogP contribution in [-0.2, 0) is 5.41 Å². The van der Waals surface area contributed by atoms with Crippen LogP contribution in [0.4, 0.5) is 0 Å². The van der Waals surface area contributed by atoms with E-state index in [4.69, 9.17) is 0 Å². The summed E-state index contributed by atoms with van der Waals surface area (Å²) in [5.41, 5.74) is 0.690. The van der Waals surface area contributed by atoms with Gasteiger partial charge in [0.25, 0.3) is 5.56 Å². The Bertz CT molecular complexity index is 295. The Morgan fingerprint density at radius 2 is 2.00 bits per heavy atom. The van der Waals surface area contributed by atoms with E-state index in [1.807, 2.05) is 20.8 Å². The van der Waals surface area contributed by atoms with E-state index in [-0.39, 0.29) is 11.0 Å². The normalized spacial score (nSPS) is 11.5. The van der Waals surface area contributed by atoms with Crippen LogP contribution in [0.3, 0.4) is 0 Å². The van der Waals surface area contributed by atoms with Gasteiger partial charge in [-0.05, 0) is 0 Å². The van der Waals surface area contributed by atoms with Gasteiger partial charge in [-0.3, -0.25) is 9.78 Å². The molecular weight excluding hydrogens is 140 g/mol. The summed E-state index contributed by atoms with van der Waals surface area (Å²) in [5.74, 6) is 0. The topological polar surface area (TPSA) is 45.8 Å². The molecule has 1 heterocycles. The molecular formula is C8H12N2O. The van der Waals surface area contributed by atoms with Crippen molar-refractivity contribution in [3.63, 3.8) is 0 Å². The molecule has 0 unspecified atom stereocenters. The van der Waals surface area contributed by atoms with Crippen molar-refractivity contribution in [1.29, 1.82) is 0 Å². The quantitative estimate of drug-likeness (QED) is 0.604. The fourth-order valence-corrected chi connectivity index (χ4v) is 0.758. The average molecular weight is 152 g/mol. The Labute approximate surface area is 65.5 Å². The number of aromatic amines is 1. The first-order valence-electron chi connectivity index (χ1n) is 3.55. The second-order valence-electron chi connectivity index (χ2n) is 3.56. The summed E-state index contributed by atoms with van der Waals surface area (Å²) in [6.07, 6.45) is 2.96. The highest BCUT2D eigenvalue weighted by Crippen LogP contribution is 2.16. The van der Waals surface area contributed by atoms with Gasteiger partial charge >= 0.3 is 0 Å². The molecule has 1 rings (SSSR count). The lowest BCUT2D eigenvalue weighted by Crippen LogP contribution is -2.19. The maximum atomic E-state index is 10.8. The summed E-state index contributed by atoms with van der Waals surface area (Å²) >= 11 is 0. The molecule has 0 bridgehead atoms. The Hall–Kier alpha value is -1.12. The van der Waals surface area contributed by atoms with Gasteiger partial charge in [0, 0.05) is 17.3 Å². The SMILES string of the molecule is CC(C)(C)c1cncc(=O)[nH]1. The lowest BCUT2D eigenvalue weighted by molar-refractivity contribution is 0.563. The van der Waals surface area contributed by atoms with Gasteiger partial charge in [-0.25, -0.2) is 0 Å². The van der Waals surface area contributed by atoms with Gasteiger partial charge in [0.1, 0.15) is 0 Å². The van der Waals surface area contributed by atoms with E-state index < -0.39 is 0 Å². The van der Waals surface area contributed by atoms with Gasteiger partial charge in [0.2, 0.25) is 0 Å². The van der Waals surface area contributed by atoms with Crippen molar-refractivity contribution in [2.75, 3.05) is 0 Å². The molecule has 0 fully saturated rings. The first-order chi connectivity index (χ1) is 5.00. The molecule has 0 aliphatic heterocycles. The molecule has 3 nitrogen and oxygen atoms in total. The summed E-state index contributed by atoms with van der Waals surface area (Å²) in [6, 6.07) is 0. The highest BCUT2D eigenvalue weighted by Gasteiger charge is 2.13. The number of hydrogen-bond acceptors (Lipinski definition) is 2. The van der Waals surface area contributed by atoms with E-state index in [0.717, 1.165) is 5.69 Å². The molecule has 0 radical (unpaired) electrons. The van der Waals surface area contributed by atoms with Crippen LogP contribution in [0.15, 0.2) is 17.2 Å². The first kappa shape index (κ1) is 7.98. The smallest absolute Gasteiger partial charge is 0.266 e. The summed E-state index contributed by atoms with van der Waals surface area (Å²) in [6.45, 7) is 6.08. The molecule has 3 heteroatoms. The molecule has 0 aromatic carbocycles. The number of nitrogens with one attached hydrogen (secondary N) is 1. The van der Waals surface area contributed by atoms with Crippen LogP contribution >= 0.6 is 0 Å². The molecule has 60 valence electrons. The molecule has 0 aliphatic rings. The third-order valence-electron chi connectivity index (χ3n) is 1.46. The predicted octanol–water partition coefficient (Wildman–Crippen LogP) is 1.07. The number of rotatable bonds is 0. The van der Waals surface area contributed by atoms with Crippen molar-refractivity contribution in [3.8, 4) is 0 Å².